The van der Waals surface area contributed by atoms with Crippen molar-refractivity contribution in [2.24, 2.45) is 0 Å². The molecule has 2 atom stereocenters. The Morgan fingerprint density at radius 2 is 1.89 bits per heavy atom. The van der Waals surface area contributed by atoms with Gasteiger partial charge in [-0.05, 0) is 49.0 Å². The Morgan fingerprint density at radius 1 is 1.11 bits per heavy atom. The zero-order valence-electron chi connectivity index (χ0n) is 11.2. The van der Waals surface area contributed by atoms with E-state index in [0.29, 0.717) is 0 Å². The molecule has 0 saturated heterocycles. The molecule has 2 fully saturated rings. The summed E-state index contributed by atoms with van der Waals surface area (Å²) in [5.74, 6) is 0.878. The Kier molecular flexibility index (Phi) is 3.95. The summed E-state index contributed by atoms with van der Waals surface area (Å²) in [5.41, 5.74) is 2.98. The van der Waals surface area contributed by atoms with Crippen molar-refractivity contribution < 1.29 is 0 Å². The van der Waals surface area contributed by atoms with Crippen LogP contribution in [0.4, 0.5) is 0 Å². The van der Waals surface area contributed by atoms with Crippen molar-refractivity contribution in [2.75, 3.05) is 6.26 Å². The zero-order valence-corrected chi connectivity index (χ0v) is 12.0. The van der Waals surface area contributed by atoms with Crippen LogP contribution in [0.5, 0.6) is 0 Å². The minimum atomic E-state index is 0.725. The maximum atomic E-state index is 3.74. The standard InChI is InChI=1S/C16H23NS/c1-18-16-4-2-3-15(16)17-11-12-5-7-13(8-6-12)14-9-10-14/h5-8,14-17H,2-4,9-11H2,1H3. The van der Waals surface area contributed by atoms with Crippen LogP contribution in [0.3, 0.4) is 0 Å². The van der Waals surface area contributed by atoms with Crippen molar-refractivity contribution in [3.8, 4) is 0 Å². The summed E-state index contributed by atoms with van der Waals surface area (Å²) in [6, 6.07) is 10.0. The van der Waals surface area contributed by atoms with Gasteiger partial charge in [-0.15, -0.1) is 0 Å². The van der Waals surface area contributed by atoms with E-state index in [0.717, 1.165) is 23.8 Å². The fraction of sp³-hybridized carbons (Fsp3) is 0.625. The minimum Gasteiger partial charge on any atom is -0.309 e. The molecule has 0 amide bonds. The second-order valence-electron chi connectivity index (χ2n) is 5.71. The predicted octanol–water partition coefficient (Wildman–Crippen LogP) is 3.94. The van der Waals surface area contributed by atoms with E-state index in [1.54, 1.807) is 5.56 Å². The molecule has 1 N–H and O–H groups in total. The lowest BCUT2D eigenvalue weighted by atomic mass is 10.1. The van der Waals surface area contributed by atoms with E-state index in [2.05, 4.69) is 35.8 Å². The van der Waals surface area contributed by atoms with Crippen LogP contribution >= 0.6 is 11.8 Å². The number of hydrogen-bond acceptors (Lipinski definition) is 2. The molecular weight excluding hydrogens is 238 g/mol. The quantitative estimate of drug-likeness (QED) is 0.861. The van der Waals surface area contributed by atoms with Crippen LogP contribution in [-0.2, 0) is 6.54 Å². The lowest BCUT2D eigenvalue weighted by Gasteiger charge is -2.19. The lowest BCUT2D eigenvalue weighted by Crippen LogP contribution is -2.33. The normalized spacial score (nSPS) is 27.6. The Labute approximate surface area is 115 Å². The maximum absolute atomic E-state index is 3.74. The molecule has 1 aromatic carbocycles. The highest BCUT2D eigenvalue weighted by atomic mass is 32.2. The average Bonchev–Trinajstić information content (AvgIpc) is 3.16. The monoisotopic (exact) mass is 261 g/mol. The van der Waals surface area contributed by atoms with Crippen molar-refractivity contribution in [1.82, 2.24) is 5.32 Å². The van der Waals surface area contributed by atoms with Gasteiger partial charge in [-0.1, -0.05) is 30.7 Å². The summed E-state index contributed by atoms with van der Waals surface area (Å²) >= 11 is 2.03. The molecule has 1 nitrogen and oxygen atoms in total. The molecule has 98 valence electrons. The van der Waals surface area contributed by atoms with Crippen molar-refractivity contribution in [3.63, 3.8) is 0 Å². The van der Waals surface area contributed by atoms with Gasteiger partial charge in [0.25, 0.3) is 0 Å². The van der Waals surface area contributed by atoms with E-state index in [4.69, 9.17) is 0 Å². The Morgan fingerprint density at radius 3 is 2.56 bits per heavy atom. The first-order valence-corrected chi connectivity index (χ1v) is 8.50. The van der Waals surface area contributed by atoms with E-state index in [1.165, 1.54) is 37.7 Å². The predicted molar refractivity (Wildman–Crippen MR) is 80.2 cm³/mol. The SMILES string of the molecule is CSC1CCCC1NCc1ccc(C2CC2)cc1. The van der Waals surface area contributed by atoms with Crippen LogP contribution in [0.1, 0.15) is 49.1 Å². The lowest BCUT2D eigenvalue weighted by molar-refractivity contribution is 0.532. The van der Waals surface area contributed by atoms with Crippen LogP contribution in [0.15, 0.2) is 24.3 Å². The molecule has 3 rings (SSSR count). The van der Waals surface area contributed by atoms with Crippen molar-refractivity contribution >= 4 is 11.8 Å². The van der Waals surface area contributed by atoms with E-state index >= 15 is 0 Å². The highest BCUT2D eigenvalue weighted by Gasteiger charge is 2.26. The van der Waals surface area contributed by atoms with Crippen LogP contribution in [-0.4, -0.2) is 17.5 Å². The zero-order chi connectivity index (χ0) is 12.4. The van der Waals surface area contributed by atoms with E-state index < -0.39 is 0 Å². The Hall–Kier alpha value is -0.470. The van der Waals surface area contributed by atoms with Crippen LogP contribution in [0.2, 0.25) is 0 Å². The minimum absolute atomic E-state index is 0.725. The van der Waals surface area contributed by atoms with Gasteiger partial charge >= 0.3 is 0 Å². The molecule has 2 heteroatoms. The topological polar surface area (TPSA) is 12.0 Å². The fourth-order valence-corrected chi connectivity index (χ4v) is 3.98. The molecule has 2 aliphatic rings. The number of hydrogen-bond donors (Lipinski definition) is 1. The second-order valence-corrected chi connectivity index (χ2v) is 6.79. The second kappa shape index (κ2) is 5.66. The summed E-state index contributed by atoms with van der Waals surface area (Å²) in [6.45, 7) is 1.03. The first kappa shape index (κ1) is 12.6. The van der Waals surface area contributed by atoms with Gasteiger partial charge in [0.05, 0.1) is 0 Å². The summed E-state index contributed by atoms with van der Waals surface area (Å²) in [7, 11) is 0. The largest absolute Gasteiger partial charge is 0.309 e. The molecular formula is C16H23NS. The number of thioether (sulfide) groups is 1. The van der Waals surface area contributed by atoms with Gasteiger partial charge in [0.15, 0.2) is 0 Å². The molecule has 18 heavy (non-hydrogen) atoms. The first-order chi connectivity index (χ1) is 8.86. The smallest absolute Gasteiger partial charge is 0.0208 e. The van der Waals surface area contributed by atoms with Gasteiger partial charge in [-0.2, -0.15) is 11.8 Å². The van der Waals surface area contributed by atoms with E-state index in [1.807, 2.05) is 11.8 Å². The summed E-state index contributed by atoms with van der Waals surface area (Å²) in [6.07, 6.45) is 9.17. The third-order valence-electron chi connectivity index (χ3n) is 4.35. The average molecular weight is 261 g/mol. The van der Waals surface area contributed by atoms with Gasteiger partial charge in [-0.3, -0.25) is 0 Å². The highest BCUT2D eigenvalue weighted by molar-refractivity contribution is 7.99. The molecule has 0 heterocycles. The van der Waals surface area contributed by atoms with Crippen LogP contribution in [0.25, 0.3) is 0 Å². The molecule has 2 aliphatic carbocycles. The summed E-state index contributed by atoms with van der Waals surface area (Å²) in [4.78, 5) is 0. The summed E-state index contributed by atoms with van der Waals surface area (Å²) < 4.78 is 0. The molecule has 0 spiro atoms. The van der Waals surface area contributed by atoms with Crippen LogP contribution in [0, 0.1) is 0 Å². The number of nitrogens with one attached hydrogen (secondary N) is 1. The molecule has 0 aromatic heterocycles. The van der Waals surface area contributed by atoms with Gasteiger partial charge in [0, 0.05) is 17.8 Å². The molecule has 0 bridgehead atoms. The fourth-order valence-electron chi connectivity index (χ4n) is 3.01. The van der Waals surface area contributed by atoms with Gasteiger partial charge < -0.3 is 5.32 Å². The van der Waals surface area contributed by atoms with Gasteiger partial charge in [-0.25, -0.2) is 0 Å². The summed E-state index contributed by atoms with van der Waals surface area (Å²) in [5, 5.41) is 4.57. The third kappa shape index (κ3) is 2.92. The van der Waals surface area contributed by atoms with Crippen molar-refractivity contribution in [1.29, 1.82) is 0 Å². The molecule has 2 saturated carbocycles. The number of benzene rings is 1. The highest BCUT2D eigenvalue weighted by Crippen LogP contribution is 2.39. The van der Waals surface area contributed by atoms with Crippen molar-refractivity contribution in [3.05, 3.63) is 35.4 Å². The third-order valence-corrected chi connectivity index (χ3v) is 5.52. The van der Waals surface area contributed by atoms with E-state index in [-0.39, 0.29) is 0 Å². The molecule has 1 aromatic rings. The van der Waals surface area contributed by atoms with Gasteiger partial charge in [0.2, 0.25) is 0 Å². The van der Waals surface area contributed by atoms with E-state index in [9.17, 15) is 0 Å². The van der Waals surface area contributed by atoms with Crippen LogP contribution < -0.4 is 5.32 Å². The Balaban J connectivity index is 1.52. The molecule has 0 aliphatic heterocycles. The Bertz CT molecular complexity index is 383. The number of rotatable bonds is 5. The maximum Gasteiger partial charge on any atom is 0.0208 e. The molecule has 0 radical (unpaired) electrons. The van der Waals surface area contributed by atoms with Gasteiger partial charge in [0.1, 0.15) is 0 Å². The first-order valence-electron chi connectivity index (χ1n) is 7.22. The molecule has 2 unspecified atom stereocenters. The van der Waals surface area contributed by atoms with Crippen molar-refractivity contribution in [2.45, 2.75) is 55.9 Å².